The van der Waals surface area contributed by atoms with Crippen LogP contribution in [0.15, 0.2) is 18.2 Å². The summed E-state index contributed by atoms with van der Waals surface area (Å²) in [4.78, 5) is 11.1. The van der Waals surface area contributed by atoms with Gasteiger partial charge in [-0.15, -0.1) is 0 Å². The lowest BCUT2D eigenvalue weighted by Crippen LogP contribution is -1.97. The molecule has 1 aromatic carbocycles. The second kappa shape index (κ2) is 4.64. The first-order valence-electron chi connectivity index (χ1n) is 5.76. The molecule has 0 unspecified atom stereocenters. The third kappa shape index (κ3) is 2.27. The van der Waals surface area contributed by atoms with E-state index in [0.717, 1.165) is 23.2 Å². The molecule has 0 aliphatic rings. The molecule has 0 bridgehead atoms. The molecule has 1 heterocycles. The topological polar surface area (TPSA) is 44.1 Å². The van der Waals surface area contributed by atoms with Crippen LogP contribution < -0.4 is 4.74 Å². The van der Waals surface area contributed by atoms with Gasteiger partial charge in [0, 0.05) is 7.05 Å². The number of aryl methyl sites for hydroxylation is 4. The van der Waals surface area contributed by atoms with Gasteiger partial charge in [-0.1, -0.05) is 6.07 Å². The lowest BCUT2D eigenvalue weighted by atomic mass is 10.1. The summed E-state index contributed by atoms with van der Waals surface area (Å²) in [6.45, 7) is 5.81. The van der Waals surface area contributed by atoms with Crippen molar-refractivity contribution in [2.24, 2.45) is 7.05 Å². The van der Waals surface area contributed by atoms with Gasteiger partial charge in [0.15, 0.2) is 6.29 Å². The van der Waals surface area contributed by atoms with E-state index in [1.807, 2.05) is 26.0 Å². The lowest BCUT2D eigenvalue weighted by molar-refractivity contribution is 0.112. The van der Waals surface area contributed by atoms with Crippen LogP contribution in [0.25, 0.3) is 0 Å². The van der Waals surface area contributed by atoms with Crippen LogP contribution in [0, 0.1) is 20.8 Å². The molecule has 0 saturated heterocycles. The number of carbonyl (C=O) groups is 1. The molecule has 0 N–H and O–H groups in total. The number of aromatic nitrogens is 2. The van der Waals surface area contributed by atoms with Crippen molar-refractivity contribution in [2.75, 3.05) is 0 Å². The van der Waals surface area contributed by atoms with Crippen molar-refractivity contribution in [3.05, 3.63) is 40.6 Å². The number of nitrogens with zero attached hydrogens (tertiary/aromatic N) is 2. The van der Waals surface area contributed by atoms with Crippen molar-refractivity contribution < 1.29 is 9.53 Å². The maximum atomic E-state index is 11.1. The molecule has 94 valence electrons. The fourth-order valence-corrected chi connectivity index (χ4v) is 2.01. The van der Waals surface area contributed by atoms with Gasteiger partial charge in [0.05, 0.1) is 11.3 Å². The van der Waals surface area contributed by atoms with Gasteiger partial charge in [-0.25, -0.2) is 4.68 Å². The largest absolute Gasteiger partial charge is 0.439 e. The molecule has 2 rings (SSSR count). The van der Waals surface area contributed by atoms with Gasteiger partial charge in [-0.2, -0.15) is 5.10 Å². The Kier molecular flexibility index (Phi) is 3.19. The highest BCUT2D eigenvalue weighted by atomic mass is 16.5. The summed E-state index contributed by atoms with van der Waals surface area (Å²) in [7, 11) is 1.76. The highest BCUT2D eigenvalue weighted by molar-refractivity contribution is 5.80. The van der Waals surface area contributed by atoms with E-state index < -0.39 is 0 Å². The van der Waals surface area contributed by atoms with E-state index in [1.165, 1.54) is 0 Å². The highest BCUT2D eigenvalue weighted by Crippen LogP contribution is 2.27. The third-order valence-electron chi connectivity index (χ3n) is 2.74. The number of hydrogen-bond donors (Lipinski definition) is 0. The van der Waals surface area contributed by atoms with E-state index >= 15 is 0 Å². The number of ether oxygens (including phenoxy) is 1. The minimum absolute atomic E-state index is 0.479. The van der Waals surface area contributed by atoms with E-state index in [4.69, 9.17) is 4.74 Å². The van der Waals surface area contributed by atoms with Crippen LogP contribution in [-0.2, 0) is 7.05 Å². The predicted molar refractivity (Wildman–Crippen MR) is 69.3 cm³/mol. The van der Waals surface area contributed by atoms with Gasteiger partial charge in [-0.05, 0) is 44.0 Å². The Morgan fingerprint density at radius 1 is 1.17 bits per heavy atom. The molecule has 18 heavy (non-hydrogen) atoms. The molecular weight excluding hydrogens is 228 g/mol. The molecular formula is C14H16N2O2. The maximum Gasteiger partial charge on any atom is 0.228 e. The minimum Gasteiger partial charge on any atom is -0.439 e. The predicted octanol–water partition coefficient (Wildman–Crippen LogP) is 2.95. The van der Waals surface area contributed by atoms with Crippen molar-refractivity contribution >= 4 is 6.29 Å². The van der Waals surface area contributed by atoms with E-state index in [0.29, 0.717) is 17.1 Å². The molecule has 0 saturated carbocycles. The molecule has 0 spiro atoms. The fraction of sp³-hybridized carbons (Fsp3) is 0.286. The number of carbonyl (C=O) groups excluding carboxylic acids is 1. The van der Waals surface area contributed by atoms with Gasteiger partial charge in [0.2, 0.25) is 5.88 Å². The zero-order valence-corrected chi connectivity index (χ0v) is 11.0. The molecule has 0 radical (unpaired) electrons. The number of benzene rings is 1. The molecule has 0 aliphatic carbocycles. The van der Waals surface area contributed by atoms with Crippen LogP contribution >= 0.6 is 0 Å². The second-order valence-electron chi connectivity index (χ2n) is 4.47. The lowest BCUT2D eigenvalue weighted by Gasteiger charge is -2.08. The van der Waals surface area contributed by atoms with Gasteiger partial charge < -0.3 is 4.74 Å². The molecule has 0 aliphatic heterocycles. The molecule has 4 nitrogen and oxygen atoms in total. The molecule has 0 atom stereocenters. The van der Waals surface area contributed by atoms with Crippen LogP contribution in [0.2, 0.25) is 0 Å². The molecule has 4 heteroatoms. The Morgan fingerprint density at radius 2 is 1.78 bits per heavy atom. The van der Waals surface area contributed by atoms with Crippen LogP contribution in [0.3, 0.4) is 0 Å². The van der Waals surface area contributed by atoms with Crippen molar-refractivity contribution in [1.82, 2.24) is 9.78 Å². The van der Waals surface area contributed by atoms with Crippen LogP contribution in [-0.4, -0.2) is 16.1 Å². The number of aldehydes is 1. The molecule has 0 fully saturated rings. The summed E-state index contributed by atoms with van der Waals surface area (Å²) in [5.74, 6) is 1.20. The monoisotopic (exact) mass is 244 g/mol. The quantitative estimate of drug-likeness (QED) is 0.780. The van der Waals surface area contributed by atoms with Gasteiger partial charge in [-0.3, -0.25) is 4.79 Å². The first-order chi connectivity index (χ1) is 8.51. The zero-order valence-electron chi connectivity index (χ0n) is 11.0. The Bertz CT molecular complexity index is 580. The summed E-state index contributed by atoms with van der Waals surface area (Å²) >= 11 is 0. The van der Waals surface area contributed by atoms with E-state index in [2.05, 4.69) is 11.2 Å². The Hall–Kier alpha value is -2.10. The Labute approximate surface area is 106 Å². The maximum absolute atomic E-state index is 11.1. The molecule has 2 aromatic rings. The molecule has 0 amide bonds. The Balaban J connectivity index is 2.42. The summed E-state index contributed by atoms with van der Waals surface area (Å²) in [6.07, 6.45) is 0.778. The number of rotatable bonds is 3. The summed E-state index contributed by atoms with van der Waals surface area (Å²) in [5, 5.41) is 4.18. The second-order valence-corrected chi connectivity index (χ2v) is 4.47. The van der Waals surface area contributed by atoms with Crippen molar-refractivity contribution in [3.8, 4) is 11.6 Å². The third-order valence-corrected chi connectivity index (χ3v) is 2.74. The zero-order chi connectivity index (χ0) is 13.3. The van der Waals surface area contributed by atoms with E-state index in [1.54, 1.807) is 18.7 Å². The number of hydrogen-bond acceptors (Lipinski definition) is 3. The first kappa shape index (κ1) is 12.4. The normalized spacial score (nSPS) is 10.4. The smallest absolute Gasteiger partial charge is 0.228 e. The average molecular weight is 244 g/mol. The van der Waals surface area contributed by atoms with Crippen LogP contribution in [0.4, 0.5) is 0 Å². The molecule has 1 aromatic heterocycles. The fourth-order valence-electron chi connectivity index (χ4n) is 2.01. The van der Waals surface area contributed by atoms with Crippen molar-refractivity contribution in [1.29, 1.82) is 0 Å². The van der Waals surface area contributed by atoms with Crippen molar-refractivity contribution in [2.45, 2.75) is 20.8 Å². The van der Waals surface area contributed by atoms with Gasteiger partial charge >= 0.3 is 0 Å². The summed E-state index contributed by atoms with van der Waals surface area (Å²) in [5.41, 5.74) is 3.41. The van der Waals surface area contributed by atoms with Crippen LogP contribution in [0.1, 0.15) is 27.2 Å². The summed E-state index contributed by atoms with van der Waals surface area (Å²) < 4.78 is 7.36. The van der Waals surface area contributed by atoms with Gasteiger partial charge in [0.1, 0.15) is 5.75 Å². The minimum atomic E-state index is 0.479. The van der Waals surface area contributed by atoms with E-state index in [9.17, 15) is 4.79 Å². The Morgan fingerprint density at radius 3 is 2.33 bits per heavy atom. The highest BCUT2D eigenvalue weighted by Gasteiger charge is 2.14. The van der Waals surface area contributed by atoms with Crippen molar-refractivity contribution in [3.63, 3.8) is 0 Å². The van der Waals surface area contributed by atoms with Gasteiger partial charge in [0.25, 0.3) is 0 Å². The van der Waals surface area contributed by atoms with Crippen LogP contribution in [0.5, 0.6) is 11.6 Å². The standard InChI is InChI=1S/C14H16N2O2/c1-9-5-10(2)7-12(6-9)18-14-13(8-17)11(3)15-16(14)4/h5-8H,1-4H3. The average Bonchev–Trinajstić information content (AvgIpc) is 2.52. The first-order valence-corrected chi connectivity index (χ1v) is 5.76. The SMILES string of the molecule is Cc1cc(C)cc(Oc2c(C=O)c(C)nn2C)c1. The summed E-state index contributed by atoms with van der Waals surface area (Å²) in [6, 6.07) is 5.94. The van der Waals surface area contributed by atoms with E-state index in [-0.39, 0.29) is 0 Å².